The Bertz CT molecular complexity index is 699. The van der Waals surface area contributed by atoms with E-state index in [4.69, 9.17) is 5.11 Å². The first-order valence-electron chi connectivity index (χ1n) is 5.81. The third-order valence-electron chi connectivity index (χ3n) is 2.79. The van der Waals surface area contributed by atoms with Crippen molar-refractivity contribution in [1.29, 1.82) is 0 Å². The Labute approximate surface area is 115 Å². The average Bonchev–Trinajstić information content (AvgIpc) is 2.92. The van der Waals surface area contributed by atoms with E-state index in [2.05, 4.69) is 14.7 Å². The van der Waals surface area contributed by atoms with Crippen LogP contribution in [0, 0.1) is 12.7 Å². The lowest BCUT2D eigenvalue weighted by molar-refractivity contribution is 0.275. The average molecular weight is 299 g/mol. The Hall–Kier alpha value is -1.77. The number of rotatable bonds is 5. The highest BCUT2D eigenvalue weighted by Gasteiger charge is 2.18. The molecule has 0 saturated heterocycles. The fourth-order valence-corrected chi connectivity index (χ4v) is 2.86. The Morgan fingerprint density at radius 1 is 1.45 bits per heavy atom. The van der Waals surface area contributed by atoms with E-state index in [0.717, 1.165) is 6.07 Å². The maximum absolute atomic E-state index is 13.6. The van der Waals surface area contributed by atoms with E-state index in [1.807, 2.05) is 0 Å². The van der Waals surface area contributed by atoms with Gasteiger partial charge in [-0.15, -0.1) is 0 Å². The molecule has 8 heteroatoms. The number of H-pyrrole nitrogens is 1. The number of halogens is 1. The number of aromatic nitrogens is 2. The molecule has 2 rings (SSSR count). The van der Waals surface area contributed by atoms with Gasteiger partial charge < -0.3 is 10.1 Å². The number of imidazole rings is 1. The summed E-state index contributed by atoms with van der Waals surface area (Å²) in [4.78, 5) is 6.46. The molecule has 3 N–H and O–H groups in total. The van der Waals surface area contributed by atoms with Crippen LogP contribution in [0.4, 0.5) is 4.39 Å². The summed E-state index contributed by atoms with van der Waals surface area (Å²) in [5, 5.41) is 9.04. The molecule has 1 heterocycles. The molecule has 2 aromatic rings. The molecule has 0 aliphatic carbocycles. The van der Waals surface area contributed by atoms with Crippen LogP contribution in [0.2, 0.25) is 0 Å². The molecule has 0 aliphatic rings. The number of aliphatic hydroxyl groups excluding tert-OH is 1. The number of hydrogen-bond donors (Lipinski definition) is 3. The van der Waals surface area contributed by atoms with Gasteiger partial charge in [0, 0.05) is 17.5 Å². The zero-order chi connectivity index (χ0) is 14.8. The normalized spacial score (nSPS) is 11.8. The van der Waals surface area contributed by atoms with E-state index >= 15 is 0 Å². The van der Waals surface area contributed by atoms with Crippen LogP contribution in [0.1, 0.15) is 16.8 Å². The molecule has 0 unspecified atom stereocenters. The predicted molar refractivity (Wildman–Crippen MR) is 69.7 cm³/mol. The zero-order valence-corrected chi connectivity index (χ0v) is 11.5. The number of aliphatic hydroxyl groups is 1. The minimum atomic E-state index is -3.78. The third kappa shape index (κ3) is 3.03. The van der Waals surface area contributed by atoms with Gasteiger partial charge in [-0.05, 0) is 24.6 Å². The summed E-state index contributed by atoms with van der Waals surface area (Å²) in [7, 11) is -3.78. The number of sulfonamides is 1. The van der Waals surface area contributed by atoms with Crippen LogP contribution in [0.15, 0.2) is 29.6 Å². The molecular formula is C12H14FN3O3S. The Balaban J connectivity index is 2.27. The molecule has 0 radical (unpaired) electrons. The van der Waals surface area contributed by atoms with E-state index in [9.17, 15) is 12.8 Å². The van der Waals surface area contributed by atoms with Crippen molar-refractivity contribution in [3.8, 4) is 0 Å². The first-order valence-corrected chi connectivity index (χ1v) is 7.29. The van der Waals surface area contributed by atoms with Gasteiger partial charge in [-0.1, -0.05) is 0 Å². The SMILES string of the molecule is Cc1cc(S(=O)(=O)NCc2cnc[nH]2)cc(CO)c1F. The van der Waals surface area contributed by atoms with Gasteiger partial charge in [0.25, 0.3) is 0 Å². The lowest BCUT2D eigenvalue weighted by Gasteiger charge is -2.09. The molecule has 0 saturated carbocycles. The Morgan fingerprint density at radius 3 is 2.80 bits per heavy atom. The van der Waals surface area contributed by atoms with E-state index < -0.39 is 22.4 Å². The first kappa shape index (κ1) is 14.6. The highest BCUT2D eigenvalue weighted by atomic mass is 32.2. The van der Waals surface area contributed by atoms with E-state index in [-0.39, 0.29) is 22.6 Å². The number of aryl methyl sites for hydroxylation is 1. The number of hydrogen-bond acceptors (Lipinski definition) is 4. The largest absolute Gasteiger partial charge is 0.392 e. The molecule has 0 bridgehead atoms. The van der Waals surface area contributed by atoms with Gasteiger partial charge in [0.1, 0.15) is 5.82 Å². The van der Waals surface area contributed by atoms with Crippen molar-refractivity contribution in [3.63, 3.8) is 0 Å². The standard InChI is InChI=1S/C12H14FN3O3S/c1-8-2-11(3-9(6-17)12(8)13)20(18,19)16-5-10-4-14-7-15-10/h2-4,7,16-17H,5-6H2,1H3,(H,14,15). The Kier molecular flexibility index (Phi) is 4.17. The highest BCUT2D eigenvalue weighted by molar-refractivity contribution is 7.89. The minimum absolute atomic E-state index is 0.0488. The summed E-state index contributed by atoms with van der Waals surface area (Å²) in [5.74, 6) is -0.597. The van der Waals surface area contributed by atoms with Crippen LogP contribution in [0.5, 0.6) is 0 Å². The number of nitrogens with one attached hydrogen (secondary N) is 2. The van der Waals surface area contributed by atoms with Gasteiger partial charge in [0.05, 0.1) is 24.4 Å². The van der Waals surface area contributed by atoms with E-state index in [1.165, 1.54) is 25.5 Å². The monoisotopic (exact) mass is 299 g/mol. The quantitative estimate of drug-likeness (QED) is 0.762. The fraction of sp³-hybridized carbons (Fsp3) is 0.250. The van der Waals surface area contributed by atoms with Crippen molar-refractivity contribution in [2.45, 2.75) is 25.0 Å². The first-order chi connectivity index (χ1) is 9.44. The van der Waals surface area contributed by atoms with Crippen molar-refractivity contribution in [2.75, 3.05) is 0 Å². The van der Waals surface area contributed by atoms with E-state index in [0.29, 0.717) is 5.69 Å². The van der Waals surface area contributed by atoms with Gasteiger partial charge in [0.15, 0.2) is 0 Å². The zero-order valence-electron chi connectivity index (χ0n) is 10.7. The third-order valence-corrected chi connectivity index (χ3v) is 4.17. The molecule has 0 atom stereocenters. The van der Waals surface area contributed by atoms with E-state index in [1.54, 1.807) is 0 Å². The predicted octanol–water partition coefficient (Wildman–Crippen LogP) is 0.828. The minimum Gasteiger partial charge on any atom is -0.392 e. The molecule has 0 fully saturated rings. The van der Waals surface area contributed by atoms with Crippen LogP contribution in [0.25, 0.3) is 0 Å². The smallest absolute Gasteiger partial charge is 0.240 e. The summed E-state index contributed by atoms with van der Waals surface area (Å²) in [6.45, 7) is 0.937. The molecule has 0 spiro atoms. The second-order valence-electron chi connectivity index (χ2n) is 4.27. The molecule has 6 nitrogen and oxygen atoms in total. The summed E-state index contributed by atoms with van der Waals surface area (Å²) in [6.07, 6.45) is 2.94. The number of aromatic amines is 1. The van der Waals surface area contributed by atoms with Gasteiger partial charge >= 0.3 is 0 Å². The summed E-state index contributed by atoms with van der Waals surface area (Å²) in [5.41, 5.74) is 0.722. The van der Waals surface area contributed by atoms with Crippen molar-refractivity contribution in [3.05, 3.63) is 47.3 Å². The second kappa shape index (κ2) is 5.70. The highest BCUT2D eigenvalue weighted by Crippen LogP contribution is 2.19. The van der Waals surface area contributed by atoms with Crippen molar-refractivity contribution in [2.24, 2.45) is 0 Å². The van der Waals surface area contributed by atoms with Crippen LogP contribution in [0.3, 0.4) is 0 Å². The van der Waals surface area contributed by atoms with Gasteiger partial charge in [-0.2, -0.15) is 0 Å². The summed E-state index contributed by atoms with van der Waals surface area (Å²) >= 11 is 0. The molecule has 0 amide bonds. The van der Waals surface area contributed by atoms with Gasteiger partial charge in [-0.25, -0.2) is 22.5 Å². The maximum Gasteiger partial charge on any atom is 0.240 e. The number of nitrogens with zero attached hydrogens (tertiary/aromatic N) is 1. The number of benzene rings is 1. The second-order valence-corrected chi connectivity index (χ2v) is 6.04. The molecule has 1 aromatic heterocycles. The van der Waals surface area contributed by atoms with Crippen LogP contribution >= 0.6 is 0 Å². The van der Waals surface area contributed by atoms with Crippen molar-refractivity contribution >= 4 is 10.0 Å². The lowest BCUT2D eigenvalue weighted by Crippen LogP contribution is -2.24. The molecule has 1 aromatic carbocycles. The topological polar surface area (TPSA) is 95.1 Å². The summed E-state index contributed by atoms with van der Waals surface area (Å²) in [6, 6.07) is 2.35. The van der Waals surface area contributed by atoms with Crippen LogP contribution in [-0.2, 0) is 23.2 Å². The lowest BCUT2D eigenvalue weighted by atomic mass is 10.1. The van der Waals surface area contributed by atoms with Crippen molar-refractivity contribution < 1.29 is 17.9 Å². The van der Waals surface area contributed by atoms with Crippen LogP contribution in [-0.4, -0.2) is 23.5 Å². The molecule has 20 heavy (non-hydrogen) atoms. The van der Waals surface area contributed by atoms with Crippen molar-refractivity contribution in [1.82, 2.24) is 14.7 Å². The van der Waals surface area contributed by atoms with Gasteiger partial charge in [0.2, 0.25) is 10.0 Å². The Morgan fingerprint density at radius 2 is 2.20 bits per heavy atom. The molecule has 108 valence electrons. The fourth-order valence-electron chi connectivity index (χ4n) is 1.71. The summed E-state index contributed by atoms with van der Waals surface area (Å²) < 4.78 is 40.2. The molecular weight excluding hydrogens is 285 g/mol. The maximum atomic E-state index is 13.6. The van der Waals surface area contributed by atoms with Crippen LogP contribution < -0.4 is 4.72 Å². The van der Waals surface area contributed by atoms with Gasteiger partial charge in [-0.3, -0.25) is 0 Å². The molecule has 0 aliphatic heterocycles.